The SMILES string of the molecule is Cc1ccc(S(=O)(=O)N=C(CN2CCCC2)Nc2ccc3ccccc3c2)cc1. The molecule has 0 amide bonds. The van der Waals surface area contributed by atoms with E-state index in [4.69, 9.17) is 0 Å². The van der Waals surface area contributed by atoms with Crippen molar-refractivity contribution in [3.8, 4) is 0 Å². The fourth-order valence-electron chi connectivity index (χ4n) is 3.59. The Kier molecular flexibility index (Phi) is 5.65. The van der Waals surface area contributed by atoms with Crippen LogP contribution < -0.4 is 5.32 Å². The van der Waals surface area contributed by atoms with E-state index in [1.54, 1.807) is 24.3 Å². The number of anilines is 1. The summed E-state index contributed by atoms with van der Waals surface area (Å²) in [6, 6.07) is 20.9. The Hall–Kier alpha value is -2.70. The first-order chi connectivity index (χ1) is 14.0. The summed E-state index contributed by atoms with van der Waals surface area (Å²) in [6.45, 7) is 4.34. The van der Waals surface area contributed by atoms with Crippen LogP contribution in [0.1, 0.15) is 18.4 Å². The summed E-state index contributed by atoms with van der Waals surface area (Å²) in [7, 11) is -3.78. The molecular weight excluding hydrogens is 382 g/mol. The minimum Gasteiger partial charge on any atom is -0.342 e. The zero-order valence-corrected chi connectivity index (χ0v) is 17.3. The highest BCUT2D eigenvalue weighted by atomic mass is 32.2. The summed E-state index contributed by atoms with van der Waals surface area (Å²) >= 11 is 0. The minimum absolute atomic E-state index is 0.210. The van der Waals surface area contributed by atoms with Crippen LogP contribution in [-0.2, 0) is 10.0 Å². The molecule has 1 aliphatic heterocycles. The van der Waals surface area contributed by atoms with E-state index in [9.17, 15) is 8.42 Å². The van der Waals surface area contributed by atoms with Gasteiger partial charge in [-0.25, -0.2) is 0 Å². The van der Waals surface area contributed by atoms with Gasteiger partial charge in [0.25, 0.3) is 10.0 Å². The van der Waals surface area contributed by atoms with Gasteiger partial charge >= 0.3 is 0 Å². The number of aryl methyl sites for hydroxylation is 1. The molecule has 0 aliphatic carbocycles. The van der Waals surface area contributed by atoms with Gasteiger partial charge in [-0.05, 0) is 67.9 Å². The van der Waals surface area contributed by atoms with Gasteiger partial charge in [-0.15, -0.1) is 4.40 Å². The van der Waals surface area contributed by atoms with Crippen LogP contribution in [0, 0.1) is 6.92 Å². The standard InChI is InChI=1S/C23H25N3O2S/c1-18-8-12-22(13-9-18)29(27,28)25-23(17-26-14-4-5-15-26)24-21-11-10-19-6-2-3-7-20(19)16-21/h2-3,6-13,16H,4-5,14-15,17H2,1H3,(H,24,25). The Labute approximate surface area is 172 Å². The lowest BCUT2D eigenvalue weighted by Crippen LogP contribution is -2.32. The van der Waals surface area contributed by atoms with Crippen LogP contribution in [0.2, 0.25) is 0 Å². The summed E-state index contributed by atoms with van der Waals surface area (Å²) in [5.41, 5.74) is 1.85. The van der Waals surface area contributed by atoms with Gasteiger partial charge in [0, 0.05) is 5.69 Å². The van der Waals surface area contributed by atoms with Crippen molar-refractivity contribution in [3.05, 3.63) is 72.3 Å². The molecule has 3 aromatic rings. The molecule has 1 fully saturated rings. The molecule has 0 bridgehead atoms. The highest BCUT2D eigenvalue weighted by Gasteiger charge is 2.19. The van der Waals surface area contributed by atoms with Crippen molar-refractivity contribution in [2.45, 2.75) is 24.7 Å². The zero-order chi connectivity index (χ0) is 20.3. The number of nitrogens with zero attached hydrogens (tertiary/aromatic N) is 2. The summed E-state index contributed by atoms with van der Waals surface area (Å²) in [6.07, 6.45) is 2.27. The monoisotopic (exact) mass is 407 g/mol. The molecule has 4 rings (SSSR count). The second-order valence-electron chi connectivity index (χ2n) is 7.50. The summed E-state index contributed by atoms with van der Waals surface area (Å²) in [5.74, 6) is 0.447. The third kappa shape index (κ3) is 4.83. The molecular formula is C23H25N3O2S. The van der Waals surface area contributed by atoms with E-state index in [2.05, 4.69) is 20.7 Å². The Morgan fingerprint density at radius 1 is 0.966 bits per heavy atom. The molecule has 3 aromatic carbocycles. The number of hydrogen-bond acceptors (Lipinski definition) is 3. The molecule has 5 nitrogen and oxygen atoms in total. The molecule has 0 radical (unpaired) electrons. The van der Waals surface area contributed by atoms with Crippen LogP contribution in [-0.4, -0.2) is 38.8 Å². The maximum atomic E-state index is 12.9. The van der Waals surface area contributed by atoms with E-state index in [1.165, 1.54) is 0 Å². The van der Waals surface area contributed by atoms with Crippen LogP contribution in [0.3, 0.4) is 0 Å². The molecule has 1 aliphatic rings. The van der Waals surface area contributed by atoms with Gasteiger partial charge in [-0.1, -0.05) is 48.0 Å². The van der Waals surface area contributed by atoms with Crippen molar-refractivity contribution in [1.82, 2.24) is 4.90 Å². The van der Waals surface area contributed by atoms with Crippen LogP contribution >= 0.6 is 0 Å². The molecule has 0 saturated carbocycles. The molecule has 150 valence electrons. The summed E-state index contributed by atoms with van der Waals surface area (Å²) in [5, 5.41) is 5.50. The fraction of sp³-hybridized carbons (Fsp3) is 0.261. The number of hydrogen-bond donors (Lipinski definition) is 1. The molecule has 1 heterocycles. The van der Waals surface area contributed by atoms with E-state index >= 15 is 0 Å². The smallest absolute Gasteiger partial charge is 0.283 e. The number of rotatable bonds is 5. The highest BCUT2D eigenvalue weighted by molar-refractivity contribution is 7.90. The Balaban J connectivity index is 1.66. The molecule has 0 unspecified atom stereocenters. The molecule has 6 heteroatoms. The Morgan fingerprint density at radius 3 is 2.38 bits per heavy atom. The molecule has 0 atom stereocenters. The van der Waals surface area contributed by atoms with Crippen LogP contribution in [0.4, 0.5) is 5.69 Å². The topological polar surface area (TPSA) is 61.8 Å². The Morgan fingerprint density at radius 2 is 1.66 bits per heavy atom. The lowest BCUT2D eigenvalue weighted by Gasteiger charge is -2.18. The highest BCUT2D eigenvalue weighted by Crippen LogP contribution is 2.20. The van der Waals surface area contributed by atoms with Crippen molar-refractivity contribution >= 4 is 32.3 Å². The summed E-state index contributed by atoms with van der Waals surface area (Å²) in [4.78, 5) is 2.44. The lowest BCUT2D eigenvalue weighted by atomic mass is 10.1. The maximum absolute atomic E-state index is 12.9. The number of sulfonamides is 1. The first-order valence-electron chi connectivity index (χ1n) is 9.88. The van der Waals surface area contributed by atoms with Gasteiger partial charge in [0.2, 0.25) is 0 Å². The molecule has 0 aromatic heterocycles. The van der Waals surface area contributed by atoms with Crippen LogP contribution in [0.5, 0.6) is 0 Å². The number of amidine groups is 1. The average molecular weight is 408 g/mol. The number of likely N-dealkylation sites (tertiary alicyclic amines) is 1. The van der Waals surface area contributed by atoms with E-state index in [0.29, 0.717) is 12.4 Å². The number of fused-ring (bicyclic) bond motifs is 1. The first-order valence-corrected chi connectivity index (χ1v) is 11.3. The van der Waals surface area contributed by atoms with E-state index < -0.39 is 10.0 Å². The number of benzene rings is 3. The summed E-state index contributed by atoms with van der Waals surface area (Å²) < 4.78 is 30.0. The van der Waals surface area contributed by atoms with Crippen molar-refractivity contribution in [1.29, 1.82) is 0 Å². The van der Waals surface area contributed by atoms with Gasteiger partial charge in [0.1, 0.15) is 5.84 Å². The molecule has 0 spiro atoms. The van der Waals surface area contributed by atoms with E-state index in [1.807, 2.05) is 43.3 Å². The van der Waals surface area contributed by atoms with Gasteiger partial charge in [-0.3, -0.25) is 4.90 Å². The first kappa shape index (κ1) is 19.6. The second kappa shape index (κ2) is 8.35. The third-order valence-electron chi connectivity index (χ3n) is 5.16. The van der Waals surface area contributed by atoms with Crippen LogP contribution in [0.15, 0.2) is 76.0 Å². The van der Waals surface area contributed by atoms with Crippen molar-refractivity contribution in [2.75, 3.05) is 25.0 Å². The van der Waals surface area contributed by atoms with Crippen LogP contribution in [0.25, 0.3) is 10.8 Å². The molecule has 1 N–H and O–H groups in total. The molecule has 29 heavy (non-hydrogen) atoms. The largest absolute Gasteiger partial charge is 0.342 e. The normalized spacial score (nSPS) is 15.7. The van der Waals surface area contributed by atoms with E-state index in [0.717, 1.165) is 48.0 Å². The van der Waals surface area contributed by atoms with Gasteiger partial charge in [-0.2, -0.15) is 8.42 Å². The predicted octanol–water partition coefficient (Wildman–Crippen LogP) is 4.44. The van der Waals surface area contributed by atoms with Crippen molar-refractivity contribution in [3.63, 3.8) is 0 Å². The Bertz CT molecular complexity index is 1130. The fourth-order valence-corrected chi connectivity index (χ4v) is 4.56. The van der Waals surface area contributed by atoms with Crippen molar-refractivity contribution in [2.24, 2.45) is 4.40 Å². The van der Waals surface area contributed by atoms with Gasteiger partial charge in [0.15, 0.2) is 0 Å². The quantitative estimate of drug-likeness (QED) is 0.502. The zero-order valence-electron chi connectivity index (χ0n) is 16.5. The lowest BCUT2D eigenvalue weighted by molar-refractivity contribution is 0.388. The van der Waals surface area contributed by atoms with Gasteiger partial charge < -0.3 is 5.32 Å². The van der Waals surface area contributed by atoms with Gasteiger partial charge in [0.05, 0.1) is 11.4 Å². The second-order valence-corrected chi connectivity index (χ2v) is 9.10. The minimum atomic E-state index is -3.78. The predicted molar refractivity (Wildman–Crippen MR) is 119 cm³/mol. The van der Waals surface area contributed by atoms with Crippen molar-refractivity contribution < 1.29 is 8.42 Å². The third-order valence-corrected chi connectivity index (χ3v) is 6.49. The van der Waals surface area contributed by atoms with E-state index in [-0.39, 0.29) is 4.90 Å². The maximum Gasteiger partial charge on any atom is 0.283 e. The number of nitrogens with one attached hydrogen (secondary N) is 1. The average Bonchev–Trinajstić information content (AvgIpc) is 3.21. The molecule has 1 saturated heterocycles.